The molecule has 1 heterocycles. The van der Waals surface area contributed by atoms with E-state index < -0.39 is 0 Å². The molecule has 1 aromatic heterocycles. The number of aromatic nitrogens is 4. The Morgan fingerprint density at radius 2 is 2.25 bits per heavy atom. The number of nitrogens with one attached hydrogen (secondary N) is 1. The smallest absolute Gasteiger partial charge is 0.253 e. The van der Waals surface area contributed by atoms with Crippen LogP contribution in [-0.4, -0.2) is 39.2 Å². The average molecular weight is 295 g/mol. The summed E-state index contributed by atoms with van der Waals surface area (Å²) in [5.74, 6) is -0.213. The van der Waals surface area contributed by atoms with E-state index >= 15 is 0 Å². The van der Waals surface area contributed by atoms with Crippen LogP contribution in [0.3, 0.4) is 0 Å². The van der Waals surface area contributed by atoms with Crippen LogP contribution in [-0.2, 0) is 0 Å². The SMILES string of the molecule is NCCCCNC(=O)c1cc(Cl)ccc1-n1cnnn1. The Morgan fingerprint density at radius 1 is 1.40 bits per heavy atom. The van der Waals surface area contributed by atoms with Gasteiger partial charge in [-0.3, -0.25) is 4.79 Å². The number of nitrogens with zero attached hydrogens (tertiary/aromatic N) is 4. The van der Waals surface area contributed by atoms with E-state index in [2.05, 4.69) is 20.8 Å². The van der Waals surface area contributed by atoms with E-state index in [0.717, 1.165) is 12.8 Å². The van der Waals surface area contributed by atoms with Gasteiger partial charge in [-0.2, -0.15) is 4.68 Å². The lowest BCUT2D eigenvalue weighted by Crippen LogP contribution is -2.26. The summed E-state index contributed by atoms with van der Waals surface area (Å²) in [7, 11) is 0. The third kappa shape index (κ3) is 3.52. The van der Waals surface area contributed by atoms with E-state index in [1.807, 2.05) is 0 Å². The molecule has 2 aromatic rings. The largest absolute Gasteiger partial charge is 0.352 e. The lowest BCUT2D eigenvalue weighted by molar-refractivity contribution is 0.0953. The average Bonchev–Trinajstić information content (AvgIpc) is 2.97. The fourth-order valence-electron chi connectivity index (χ4n) is 1.73. The highest BCUT2D eigenvalue weighted by molar-refractivity contribution is 6.31. The summed E-state index contributed by atoms with van der Waals surface area (Å²) in [4.78, 5) is 12.2. The van der Waals surface area contributed by atoms with Crippen LogP contribution in [0.25, 0.3) is 5.69 Å². The summed E-state index contributed by atoms with van der Waals surface area (Å²) in [5, 5.41) is 14.2. The van der Waals surface area contributed by atoms with E-state index in [9.17, 15) is 4.79 Å². The van der Waals surface area contributed by atoms with Crippen molar-refractivity contribution in [1.82, 2.24) is 25.5 Å². The van der Waals surface area contributed by atoms with Gasteiger partial charge in [-0.1, -0.05) is 11.6 Å². The van der Waals surface area contributed by atoms with Crippen molar-refractivity contribution in [1.29, 1.82) is 0 Å². The Morgan fingerprint density at radius 3 is 2.95 bits per heavy atom. The molecule has 20 heavy (non-hydrogen) atoms. The molecule has 0 aliphatic rings. The number of unbranched alkanes of at least 4 members (excludes halogenated alkanes) is 1. The molecule has 0 bridgehead atoms. The summed E-state index contributed by atoms with van der Waals surface area (Å²) in [6.45, 7) is 1.18. The number of carbonyl (C=O) groups is 1. The van der Waals surface area contributed by atoms with Crippen LogP contribution in [0.5, 0.6) is 0 Å². The first-order chi connectivity index (χ1) is 9.72. The maximum atomic E-state index is 12.2. The minimum absolute atomic E-state index is 0.213. The number of carbonyl (C=O) groups excluding carboxylic acids is 1. The van der Waals surface area contributed by atoms with Crippen molar-refractivity contribution in [2.45, 2.75) is 12.8 Å². The molecule has 3 N–H and O–H groups in total. The third-order valence-electron chi connectivity index (χ3n) is 2.72. The van der Waals surface area contributed by atoms with E-state index in [-0.39, 0.29) is 5.91 Å². The molecule has 0 radical (unpaired) electrons. The van der Waals surface area contributed by atoms with Gasteiger partial charge in [0.15, 0.2) is 0 Å². The molecular formula is C12H15ClN6O. The quantitative estimate of drug-likeness (QED) is 0.767. The fraction of sp³-hybridized carbons (Fsp3) is 0.333. The molecule has 0 atom stereocenters. The summed E-state index contributed by atoms with van der Waals surface area (Å²) in [5.41, 5.74) is 6.42. The molecule has 106 valence electrons. The van der Waals surface area contributed by atoms with Crippen molar-refractivity contribution in [2.75, 3.05) is 13.1 Å². The zero-order chi connectivity index (χ0) is 14.4. The number of rotatable bonds is 6. The summed E-state index contributed by atoms with van der Waals surface area (Å²) >= 11 is 5.95. The summed E-state index contributed by atoms with van der Waals surface area (Å²) in [6, 6.07) is 4.98. The van der Waals surface area contributed by atoms with E-state index in [0.29, 0.717) is 29.4 Å². The first-order valence-corrected chi connectivity index (χ1v) is 6.61. The number of nitrogens with two attached hydrogens (primary N) is 1. The summed E-state index contributed by atoms with van der Waals surface area (Å²) in [6.07, 6.45) is 3.13. The van der Waals surface area contributed by atoms with Gasteiger partial charge in [0.05, 0.1) is 11.3 Å². The van der Waals surface area contributed by atoms with E-state index in [1.54, 1.807) is 18.2 Å². The molecule has 2 rings (SSSR count). The second-order valence-corrected chi connectivity index (χ2v) is 4.60. The second kappa shape index (κ2) is 6.97. The Kier molecular flexibility index (Phi) is 5.03. The highest BCUT2D eigenvalue weighted by Crippen LogP contribution is 2.18. The Bertz CT molecular complexity index is 571. The Balaban J connectivity index is 2.17. The molecule has 0 aliphatic heterocycles. The molecule has 8 heteroatoms. The standard InChI is InChI=1S/C12H15ClN6O/c13-9-3-4-11(19-8-16-17-18-19)10(7-9)12(20)15-6-2-1-5-14/h3-4,7-8H,1-2,5-6,14H2,(H,15,20). The molecule has 0 aliphatic carbocycles. The molecule has 7 nitrogen and oxygen atoms in total. The predicted octanol–water partition coefficient (Wildman–Crippen LogP) is 0.784. The molecular weight excluding hydrogens is 280 g/mol. The van der Waals surface area contributed by atoms with Crippen molar-refractivity contribution in [2.24, 2.45) is 5.73 Å². The van der Waals surface area contributed by atoms with Crippen LogP contribution in [0, 0.1) is 0 Å². The Labute approximate surface area is 121 Å². The molecule has 0 fully saturated rings. The van der Waals surface area contributed by atoms with Crippen molar-refractivity contribution in [3.8, 4) is 5.69 Å². The fourth-order valence-corrected chi connectivity index (χ4v) is 1.90. The molecule has 0 unspecified atom stereocenters. The van der Waals surface area contributed by atoms with Crippen molar-refractivity contribution >= 4 is 17.5 Å². The second-order valence-electron chi connectivity index (χ2n) is 4.17. The lowest BCUT2D eigenvalue weighted by Gasteiger charge is -2.09. The number of hydrogen-bond acceptors (Lipinski definition) is 5. The van der Waals surface area contributed by atoms with Gasteiger partial charge >= 0.3 is 0 Å². The number of amides is 1. The number of benzene rings is 1. The third-order valence-corrected chi connectivity index (χ3v) is 2.95. The number of halogens is 1. The van der Waals surface area contributed by atoms with Crippen LogP contribution in [0.2, 0.25) is 5.02 Å². The maximum Gasteiger partial charge on any atom is 0.253 e. The minimum Gasteiger partial charge on any atom is -0.352 e. The van der Waals surface area contributed by atoms with Crippen LogP contribution in [0.1, 0.15) is 23.2 Å². The minimum atomic E-state index is -0.213. The highest BCUT2D eigenvalue weighted by Gasteiger charge is 2.14. The lowest BCUT2D eigenvalue weighted by atomic mass is 10.1. The normalized spacial score (nSPS) is 10.5. The van der Waals surface area contributed by atoms with Crippen LogP contribution in [0.15, 0.2) is 24.5 Å². The highest BCUT2D eigenvalue weighted by atomic mass is 35.5. The molecule has 1 aromatic carbocycles. The van der Waals surface area contributed by atoms with Gasteiger partial charge in [-0.25, -0.2) is 0 Å². The number of tetrazole rings is 1. The van der Waals surface area contributed by atoms with Crippen LogP contribution < -0.4 is 11.1 Å². The van der Waals surface area contributed by atoms with Gasteiger partial charge in [0, 0.05) is 11.6 Å². The maximum absolute atomic E-state index is 12.2. The summed E-state index contributed by atoms with van der Waals surface area (Å²) < 4.78 is 1.42. The van der Waals surface area contributed by atoms with Gasteiger partial charge < -0.3 is 11.1 Å². The Hall–Kier alpha value is -1.99. The monoisotopic (exact) mass is 294 g/mol. The number of hydrogen-bond donors (Lipinski definition) is 2. The van der Waals surface area contributed by atoms with Gasteiger partial charge in [-0.15, -0.1) is 5.10 Å². The van der Waals surface area contributed by atoms with E-state index in [4.69, 9.17) is 17.3 Å². The van der Waals surface area contributed by atoms with E-state index in [1.165, 1.54) is 11.0 Å². The van der Waals surface area contributed by atoms with Crippen LogP contribution in [0.4, 0.5) is 0 Å². The van der Waals surface area contributed by atoms with Gasteiger partial charge in [0.25, 0.3) is 5.91 Å². The van der Waals surface area contributed by atoms with Gasteiger partial charge in [-0.05, 0) is 48.0 Å². The topological polar surface area (TPSA) is 98.7 Å². The zero-order valence-electron chi connectivity index (χ0n) is 10.8. The first kappa shape index (κ1) is 14.4. The van der Waals surface area contributed by atoms with Crippen LogP contribution >= 0.6 is 11.6 Å². The van der Waals surface area contributed by atoms with Crippen molar-refractivity contribution < 1.29 is 4.79 Å². The van der Waals surface area contributed by atoms with Crippen molar-refractivity contribution in [3.05, 3.63) is 35.1 Å². The zero-order valence-corrected chi connectivity index (χ0v) is 11.5. The first-order valence-electron chi connectivity index (χ1n) is 6.23. The predicted molar refractivity (Wildman–Crippen MR) is 74.8 cm³/mol. The molecule has 0 spiro atoms. The van der Waals surface area contributed by atoms with Gasteiger partial charge in [0.1, 0.15) is 6.33 Å². The van der Waals surface area contributed by atoms with Crippen molar-refractivity contribution in [3.63, 3.8) is 0 Å². The molecule has 0 saturated heterocycles. The molecule has 0 saturated carbocycles. The molecule has 1 amide bonds. The van der Waals surface area contributed by atoms with Gasteiger partial charge in [0.2, 0.25) is 0 Å².